The molecule has 2 aromatic carbocycles. The number of rotatable bonds is 7. The fraction of sp³-hybridized carbons (Fsp3) is 0.438. The smallest absolute Gasteiger partial charge is 0.252 e. The van der Waals surface area contributed by atoms with Crippen molar-refractivity contribution >= 4 is 11.7 Å². The number of hydrogen-bond acceptors (Lipinski definition) is 6. The Morgan fingerprint density at radius 1 is 0.923 bits per heavy atom. The summed E-state index contributed by atoms with van der Waals surface area (Å²) in [5.41, 5.74) is 24.3. The van der Waals surface area contributed by atoms with Crippen LogP contribution >= 0.6 is 0 Å². The molecular formula is C32H43N5O2. The summed E-state index contributed by atoms with van der Waals surface area (Å²) in [5, 5.41) is 0. The molecule has 5 rings (SSSR count). The monoisotopic (exact) mass is 529 g/mol. The van der Waals surface area contributed by atoms with Gasteiger partial charge in [-0.15, -0.1) is 0 Å². The molecule has 0 atom stereocenters. The van der Waals surface area contributed by atoms with Gasteiger partial charge in [-0.25, -0.2) is 4.98 Å². The predicted molar refractivity (Wildman–Crippen MR) is 158 cm³/mol. The van der Waals surface area contributed by atoms with Crippen LogP contribution in [0.15, 0.2) is 54.7 Å². The number of piperidine rings is 1. The summed E-state index contributed by atoms with van der Waals surface area (Å²) in [6.45, 7) is 8.12. The lowest BCUT2D eigenvalue weighted by Gasteiger charge is -2.30. The Balaban J connectivity index is 0.000000202. The average Bonchev–Trinajstić information content (AvgIpc) is 3.46. The van der Waals surface area contributed by atoms with Gasteiger partial charge in [0.1, 0.15) is 5.82 Å². The molecule has 7 heteroatoms. The molecular weight excluding hydrogens is 486 g/mol. The average molecular weight is 530 g/mol. The molecule has 0 radical (unpaired) electrons. The summed E-state index contributed by atoms with van der Waals surface area (Å²) in [6, 6.07) is 16.9. The van der Waals surface area contributed by atoms with Gasteiger partial charge in [-0.2, -0.15) is 0 Å². The van der Waals surface area contributed by atoms with Gasteiger partial charge in [-0.3, -0.25) is 9.69 Å². The van der Waals surface area contributed by atoms with Crippen LogP contribution in [0.5, 0.6) is 0 Å². The summed E-state index contributed by atoms with van der Waals surface area (Å²) in [5.74, 6) is -0.409. The van der Waals surface area contributed by atoms with Crippen LogP contribution in [0.3, 0.4) is 0 Å². The van der Waals surface area contributed by atoms with E-state index in [2.05, 4.69) is 54.1 Å². The molecule has 208 valence electrons. The van der Waals surface area contributed by atoms with E-state index in [4.69, 9.17) is 21.9 Å². The third-order valence-corrected chi connectivity index (χ3v) is 7.87. The number of primary amides is 1. The van der Waals surface area contributed by atoms with Crippen molar-refractivity contribution in [1.29, 1.82) is 0 Å². The lowest BCUT2D eigenvalue weighted by Crippen LogP contribution is -2.39. The number of aryl methyl sites for hydroxylation is 2. The minimum atomic E-state index is -0.568. The molecule has 0 bridgehead atoms. The SMILES string of the molecule is Cc1ccc(COC2CCCC2)cc1C.NC(=O)c1cc(-c2ccc(CN3CCC(N)CC3)cc2)cnc1N. The molecule has 1 aromatic heterocycles. The molecule has 3 aromatic rings. The number of benzene rings is 2. The van der Waals surface area contributed by atoms with Crippen molar-refractivity contribution in [3.05, 3.63) is 82.5 Å². The minimum Gasteiger partial charge on any atom is -0.383 e. The van der Waals surface area contributed by atoms with Crippen LogP contribution in [-0.4, -0.2) is 41.0 Å². The number of aromatic nitrogens is 1. The molecule has 7 nitrogen and oxygen atoms in total. The van der Waals surface area contributed by atoms with Gasteiger partial charge < -0.3 is 21.9 Å². The van der Waals surface area contributed by atoms with E-state index in [0.29, 0.717) is 12.1 Å². The first-order chi connectivity index (χ1) is 18.8. The topological polar surface area (TPSA) is 120 Å². The van der Waals surface area contributed by atoms with Gasteiger partial charge >= 0.3 is 0 Å². The molecule has 1 saturated carbocycles. The van der Waals surface area contributed by atoms with Gasteiger partial charge in [0.15, 0.2) is 0 Å². The minimum absolute atomic E-state index is 0.158. The molecule has 39 heavy (non-hydrogen) atoms. The first-order valence-corrected chi connectivity index (χ1v) is 14.1. The number of nitrogens with two attached hydrogens (primary N) is 3. The predicted octanol–water partition coefficient (Wildman–Crippen LogP) is 5.12. The second-order valence-corrected chi connectivity index (χ2v) is 11.0. The number of anilines is 1. The highest BCUT2D eigenvalue weighted by Gasteiger charge is 2.17. The molecule has 2 aliphatic rings. The Hall–Kier alpha value is -3.26. The van der Waals surface area contributed by atoms with E-state index in [1.54, 1.807) is 12.3 Å². The number of nitrogen functional groups attached to an aromatic ring is 1. The second kappa shape index (κ2) is 13.7. The largest absolute Gasteiger partial charge is 0.383 e. The fourth-order valence-electron chi connectivity index (χ4n) is 5.16. The van der Waals surface area contributed by atoms with Crippen molar-refractivity contribution in [2.24, 2.45) is 11.5 Å². The number of ether oxygens (including phenoxy) is 1. The third kappa shape index (κ3) is 8.36. The molecule has 0 spiro atoms. The lowest BCUT2D eigenvalue weighted by atomic mass is 10.0. The molecule has 0 unspecified atom stereocenters. The first-order valence-electron chi connectivity index (χ1n) is 14.1. The van der Waals surface area contributed by atoms with E-state index in [9.17, 15) is 4.79 Å². The molecule has 1 amide bonds. The van der Waals surface area contributed by atoms with Gasteiger partial charge in [-0.05, 0) is 86.5 Å². The standard InChI is InChI=1S/C18H23N5O.C14H20O/c19-15-5-7-23(8-6-15)11-12-1-3-13(4-2-12)14-9-16(18(21)24)17(20)22-10-14;1-11-7-8-13(9-12(11)2)10-15-14-5-3-4-6-14/h1-4,9-10,15H,5-8,11,19H2,(H2,20,22)(H2,21,24);7-9,14H,3-6,10H2,1-2H3. The molecule has 6 N–H and O–H groups in total. The molecule has 2 heterocycles. The normalized spacial score (nSPS) is 16.6. The zero-order valence-electron chi connectivity index (χ0n) is 23.4. The zero-order valence-corrected chi connectivity index (χ0v) is 23.4. The van der Waals surface area contributed by atoms with Crippen LogP contribution in [0.1, 0.15) is 71.1 Å². The Morgan fingerprint density at radius 2 is 1.59 bits per heavy atom. The Kier molecular flexibility index (Phi) is 10.1. The van der Waals surface area contributed by atoms with E-state index < -0.39 is 5.91 Å². The summed E-state index contributed by atoms with van der Waals surface area (Å²) in [4.78, 5) is 17.9. The van der Waals surface area contributed by atoms with Gasteiger partial charge in [0.25, 0.3) is 5.91 Å². The van der Waals surface area contributed by atoms with Crippen LogP contribution in [-0.2, 0) is 17.9 Å². The molecule has 1 aliphatic carbocycles. The number of nitrogens with zero attached hydrogens (tertiary/aromatic N) is 2. The van der Waals surface area contributed by atoms with Gasteiger partial charge in [0, 0.05) is 24.3 Å². The highest BCUT2D eigenvalue weighted by atomic mass is 16.5. The van der Waals surface area contributed by atoms with Crippen molar-refractivity contribution in [2.75, 3.05) is 18.8 Å². The maximum Gasteiger partial charge on any atom is 0.252 e. The number of pyridine rings is 1. The van der Waals surface area contributed by atoms with E-state index in [-0.39, 0.29) is 11.4 Å². The number of carbonyl (C=O) groups excluding carboxylic acids is 1. The quantitative estimate of drug-likeness (QED) is 0.391. The highest BCUT2D eigenvalue weighted by molar-refractivity contribution is 5.98. The van der Waals surface area contributed by atoms with Crippen molar-refractivity contribution in [1.82, 2.24) is 9.88 Å². The number of amides is 1. The van der Waals surface area contributed by atoms with E-state index in [1.807, 2.05) is 12.1 Å². The maximum atomic E-state index is 11.4. The van der Waals surface area contributed by atoms with Crippen LogP contribution in [0.25, 0.3) is 11.1 Å². The van der Waals surface area contributed by atoms with Crippen molar-refractivity contribution in [2.45, 2.75) is 77.7 Å². The Labute approximate surface area is 232 Å². The molecule has 1 saturated heterocycles. The Bertz CT molecular complexity index is 1230. The van der Waals surface area contributed by atoms with Crippen molar-refractivity contribution in [3.8, 4) is 11.1 Å². The van der Waals surface area contributed by atoms with E-state index in [1.165, 1.54) is 47.9 Å². The summed E-state index contributed by atoms with van der Waals surface area (Å²) in [7, 11) is 0. The molecule has 2 fully saturated rings. The zero-order chi connectivity index (χ0) is 27.8. The fourth-order valence-corrected chi connectivity index (χ4v) is 5.16. The summed E-state index contributed by atoms with van der Waals surface area (Å²) >= 11 is 0. The summed E-state index contributed by atoms with van der Waals surface area (Å²) in [6.07, 6.45) is 9.50. The van der Waals surface area contributed by atoms with Crippen molar-refractivity contribution < 1.29 is 9.53 Å². The van der Waals surface area contributed by atoms with Gasteiger partial charge in [0.05, 0.1) is 18.3 Å². The van der Waals surface area contributed by atoms with Gasteiger partial charge in [0.2, 0.25) is 0 Å². The lowest BCUT2D eigenvalue weighted by molar-refractivity contribution is 0.0456. The van der Waals surface area contributed by atoms with Gasteiger partial charge in [-0.1, -0.05) is 55.3 Å². The number of likely N-dealkylation sites (tertiary alicyclic amines) is 1. The van der Waals surface area contributed by atoms with Crippen LogP contribution in [0, 0.1) is 13.8 Å². The Morgan fingerprint density at radius 3 is 2.23 bits per heavy atom. The first kappa shape index (κ1) is 28.7. The highest BCUT2D eigenvalue weighted by Crippen LogP contribution is 2.24. The van der Waals surface area contributed by atoms with Crippen LogP contribution < -0.4 is 17.2 Å². The number of hydrogen-bond donors (Lipinski definition) is 3. The van der Waals surface area contributed by atoms with Crippen LogP contribution in [0.2, 0.25) is 0 Å². The third-order valence-electron chi connectivity index (χ3n) is 7.87. The second-order valence-electron chi connectivity index (χ2n) is 11.0. The van der Waals surface area contributed by atoms with Crippen LogP contribution in [0.4, 0.5) is 5.82 Å². The molecule has 1 aliphatic heterocycles. The summed E-state index contributed by atoms with van der Waals surface area (Å²) < 4.78 is 5.88. The maximum absolute atomic E-state index is 11.4. The van der Waals surface area contributed by atoms with Crippen molar-refractivity contribution in [3.63, 3.8) is 0 Å². The van der Waals surface area contributed by atoms with E-state index in [0.717, 1.165) is 50.2 Å². The van der Waals surface area contributed by atoms with E-state index >= 15 is 0 Å². The number of carbonyl (C=O) groups is 1.